The second-order valence-electron chi connectivity index (χ2n) is 6.89. The number of carbonyl (C=O) groups excluding carboxylic acids is 2. The average molecular weight is 423 g/mol. The van der Waals surface area contributed by atoms with Crippen molar-refractivity contribution in [1.29, 1.82) is 0 Å². The highest BCUT2D eigenvalue weighted by Crippen LogP contribution is 2.18. The van der Waals surface area contributed by atoms with Crippen LogP contribution in [0.1, 0.15) is 35.8 Å². The van der Waals surface area contributed by atoms with Crippen LogP contribution in [0.3, 0.4) is 0 Å². The van der Waals surface area contributed by atoms with Crippen LogP contribution in [0.2, 0.25) is 5.02 Å². The summed E-state index contributed by atoms with van der Waals surface area (Å²) in [6.45, 7) is 3.58. The quantitative estimate of drug-likeness (QED) is 0.547. The normalized spacial score (nSPS) is 12.5. The highest BCUT2D eigenvalue weighted by Gasteiger charge is 2.16. The number of anilines is 1. The van der Waals surface area contributed by atoms with Gasteiger partial charge in [-0.3, -0.25) is 9.59 Å². The zero-order valence-corrected chi connectivity index (χ0v) is 17.5. The third-order valence-corrected chi connectivity index (χ3v) is 4.79. The molecule has 0 bridgehead atoms. The number of hydrogen-bond acceptors (Lipinski definition) is 3. The van der Waals surface area contributed by atoms with Gasteiger partial charge in [0, 0.05) is 16.3 Å². The molecule has 154 valence electrons. The molecule has 0 fully saturated rings. The van der Waals surface area contributed by atoms with Gasteiger partial charge in [-0.15, -0.1) is 0 Å². The maximum atomic E-state index is 12.6. The molecule has 0 spiro atoms. The largest absolute Gasteiger partial charge is 0.481 e. The molecule has 2 N–H and O–H groups in total. The predicted molar refractivity (Wildman–Crippen MR) is 119 cm³/mol. The third kappa shape index (κ3) is 5.84. The summed E-state index contributed by atoms with van der Waals surface area (Å²) in [4.78, 5) is 25.1. The lowest BCUT2D eigenvalue weighted by atomic mass is 10.1. The van der Waals surface area contributed by atoms with Crippen molar-refractivity contribution in [2.45, 2.75) is 26.0 Å². The van der Waals surface area contributed by atoms with Crippen LogP contribution in [0.5, 0.6) is 5.75 Å². The second kappa shape index (κ2) is 9.94. The van der Waals surface area contributed by atoms with E-state index in [1.807, 2.05) is 37.3 Å². The van der Waals surface area contributed by atoms with E-state index in [-0.39, 0.29) is 17.9 Å². The van der Waals surface area contributed by atoms with E-state index in [2.05, 4.69) is 10.6 Å². The zero-order chi connectivity index (χ0) is 21.5. The third-order valence-electron chi connectivity index (χ3n) is 4.54. The first kappa shape index (κ1) is 21.4. The van der Waals surface area contributed by atoms with Crippen molar-refractivity contribution < 1.29 is 14.3 Å². The fourth-order valence-corrected chi connectivity index (χ4v) is 2.98. The monoisotopic (exact) mass is 422 g/mol. The van der Waals surface area contributed by atoms with Gasteiger partial charge in [0.25, 0.3) is 11.8 Å². The van der Waals surface area contributed by atoms with Crippen LogP contribution in [-0.2, 0) is 4.79 Å². The summed E-state index contributed by atoms with van der Waals surface area (Å²) in [6.07, 6.45) is -0.721. The van der Waals surface area contributed by atoms with E-state index < -0.39 is 6.10 Å². The molecule has 0 saturated carbocycles. The Morgan fingerprint density at radius 1 is 0.900 bits per heavy atom. The summed E-state index contributed by atoms with van der Waals surface area (Å²) in [6, 6.07) is 23.2. The van der Waals surface area contributed by atoms with Crippen LogP contribution in [0.15, 0.2) is 78.9 Å². The van der Waals surface area contributed by atoms with Gasteiger partial charge in [-0.2, -0.15) is 0 Å². The van der Waals surface area contributed by atoms with E-state index in [0.717, 1.165) is 5.56 Å². The Hall–Kier alpha value is -3.31. The number of carbonyl (C=O) groups is 2. The first-order valence-electron chi connectivity index (χ1n) is 9.61. The van der Waals surface area contributed by atoms with Gasteiger partial charge < -0.3 is 15.4 Å². The SMILES string of the molecule is CC(Oc1ccc(Cl)cc1)C(=O)Nc1cccc(C(=O)NC(C)c2ccccc2)c1. The van der Waals surface area contributed by atoms with Gasteiger partial charge in [-0.05, 0) is 61.9 Å². The van der Waals surface area contributed by atoms with Gasteiger partial charge in [0.15, 0.2) is 6.10 Å². The van der Waals surface area contributed by atoms with Crippen molar-refractivity contribution in [3.05, 3.63) is 95.0 Å². The van der Waals surface area contributed by atoms with E-state index in [1.165, 1.54) is 0 Å². The van der Waals surface area contributed by atoms with E-state index in [4.69, 9.17) is 16.3 Å². The van der Waals surface area contributed by atoms with Gasteiger partial charge in [0.2, 0.25) is 0 Å². The summed E-state index contributed by atoms with van der Waals surface area (Å²) in [7, 11) is 0. The van der Waals surface area contributed by atoms with Gasteiger partial charge in [0.1, 0.15) is 5.75 Å². The Balaban J connectivity index is 1.60. The number of nitrogens with one attached hydrogen (secondary N) is 2. The highest BCUT2D eigenvalue weighted by atomic mass is 35.5. The molecular weight excluding hydrogens is 400 g/mol. The second-order valence-corrected chi connectivity index (χ2v) is 7.33. The molecule has 0 aromatic heterocycles. The Labute approximate surface area is 181 Å². The number of benzene rings is 3. The Bertz CT molecular complexity index is 1010. The van der Waals surface area contributed by atoms with Crippen molar-refractivity contribution >= 4 is 29.1 Å². The summed E-state index contributed by atoms with van der Waals surface area (Å²) in [5, 5.41) is 6.34. The molecule has 30 heavy (non-hydrogen) atoms. The van der Waals surface area contributed by atoms with Crippen LogP contribution in [0, 0.1) is 0 Å². The molecule has 0 heterocycles. The number of halogens is 1. The molecule has 0 aliphatic rings. The molecule has 0 aliphatic heterocycles. The maximum absolute atomic E-state index is 12.6. The lowest BCUT2D eigenvalue weighted by Gasteiger charge is -2.16. The molecule has 2 unspecified atom stereocenters. The Morgan fingerprint density at radius 2 is 1.60 bits per heavy atom. The minimum absolute atomic E-state index is 0.134. The van der Waals surface area contributed by atoms with Crippen LogP contribution in [0.4, 0.5) is 5.69 Å². The maximum Gasteiger partial charge on any atom is 0.265 e. The van der Waals surface area contributed by atoms with Crippen LogP contribution in [-0.4, -0.2) is 17.9 Å². The lowest BCUT2D eigenvalue weighted by Crippen LogP contribution is -2.30. The topological polar surface area (TPSA) is 67.4 Å². The summed E-state index contributed by atoms with van der Waals surface area (Å²) >= 11 is 5.86. The number of amides is 2. The molecule has 6 heteroatoms. The molecule has 2 atom stereocenters. The van der Waals surface area contributed by atoms with Crippen LogP contribution >= 0.6 is 11.6 Å². The fraction of sp³-hybridized carbons (Fsp3) is 0.167. The standard InChI is InChI=1S/C24H23ClN2O3/c1-16(18-7-4-3-5-8-18)26-24(29)19-9-6-10-21(15-19)27-23(28)17(2)30-22-13-11-20(25)12-14-22/h3-17H,1-2H3,(H,26,29)(H,27,28). The lowest BCUT2D eigenvalue weighted by molar-refractivity contribution is -0.122. The van der Waals surface area contributed by atoms with Crippen molar-refractivity contribution in [2.75, 3.05) is 5.32 Å². The average Bonchev–Trinajstić information content (AvgIpc) is 2.76. The van der Waals surface area contributed by atoms with Crippen LogP contribution in [0.25, 0.3) is 0 Å². The first-order chi connectivity index (χ1) is 14.4. The summed E-state index contributed by atoms with van der Waals surface area (Å²) in [5.74, 6) is 0.0122. The van der Waals surface area contributed by atoms with Gasteiger partial charge >= 0.3 is 0 Å². The fourth-order valence-electron chi connectivity index (χ4n) is 2.86. The predicted octanol–water partition coefficient (Wildman–Crippen LogP) is 5.24. The molecule has 0 aliphatic carbocycles. The minimum atomic E-state index is -0.721. The minimum Gasteiger partial charge on any atom is -0.481 e. The number of ether oxygens (including phenoxy) is 1. The Kier molecular flexibility index (Phi) is 7.09. The van der Waals surface area contributed by atoms with E-state index >= 15 is 0 Å². The number of rotatable bonds is 7. The molecule has 3 aromatic carbocycles. The molecular formula is C24H23ClN2O3. The van der Waals surface area contributed by atoms with E-state index in [1.54, 1.807) is 55.5 Å². The van der Waals surface area contributed by atoms with Crippen molar-refractivity contribution in [3.63, 3.8) is 0 Å². The smallest absolute Gasteiger partial charge is 0.265 e. The molecule has 0 saturated heterocycles. The van der Waals surface area contributed by atoms with Crippen LogP contribution < -0.4 is 15.4 Å². The van der Waals surface area contributed by atoms with Crippen molar-refractivity contribution in [2.24, 2.45) is 0 Å². The first-order valence-corrected chi connectivity index (χ1v) is 9.99. The molecule has 5 nitrogen and oxygen atoms in total. The van der Waals surface area contributed by atoms with Gasteiger partial charge in [-0.25, -0.2) is 0 Å². The van der Waals surface area contributed by atoms with Gasteiger partial charge in [-0.1, -0.05) is 48.0 Å². The number of hydrogen-bond donors (Lipinski definition) is 2. The zero-order valence-electron chi connectivity index (χ0n) is 16.8. The Morgan fingerprint density at radius 3 is 2.30 bits per heavy atom. The molecule has 0 radical (unpaired) electrons. The van der Waals surface area contributed by atoms with Gasteiger partial charge in [0.05, 0.1) is 6.04 Å². The highest BCUT2D eigenvalue weighted by molar-refractivity contribution is 6.30. The van der Waals surface area contributed by atoms with E-state index in [9.17, 15) is 9.59 Å². The van der Waals surface area contributed by atoms with Crippen molar-refractivity contribution in [1.82, 2.24) is 5.32 Å². The molecule has 3 rings (SSSR count). The summed E-state index contributed by atoms with van der Waals surface area (Å²) in [5.41, 5.74) is 2.00. The molecule has 3 aromatic rings. The van der Waals surface area contributed by atoms with Crippen molar-refractivity contribution in [3.8, 4) is 5.75 Å². The summed E-state index contributed by atoms with van der Waals surface area (Å²) < 4.78 is 5.63. The molecule has 2 amide bonds. The van der Waals surface area contributed by atoms with E-state index in [0.29, 0.717) is 22.0 Å².